The Balaban J connectivity index is 1.18. The van der Waals surface area contributed by atoms with E-state index in [1.807, 2.05) is 6.07 Å². The molecule has 5 heteroatoms. The molecule has 2 amide bonds. The van der Waals surface area contributed by atoms with Gasteiger partial charge in [-0.25, -0.2) is 0 Å². The molecule has 1 fully saturated rings. The molecule has 7 rings (SSSR count). The summed E-state index contributed by atoms with van der Waals surface area (Å²) >= 11 is 1.35. The summed E-state index contributed by atoms with van der Waals surface area (Å²) in [4.78, 5) is 25.4. The van der Waals surface area contributed by atoms with Gasteiger partial charge in [-0.2, -0.15) is 0 Å². The molecule has 0 aliphatic heterocycles. The van der Waals surface area contributed by atoms with Gasteiger partial charge in [0.15, 0.2) is 0 Å². The molecule has 4 aliphatic rings. The zero-order valence-corrected chi connectivity index (χ0v) is 18.0. The largest absolute Gasteiger partial charge is 0.351 e. The van der Waals surface area contributed by atoms with E-state index >= 15 is 0 Å². The quantitative estimate of drug-likeness (QED) is 0.592. The van der Waals surface area contributed by atoms with Crippen LogP contribution < -0.4 is 10.6 Å². The second-order valence-corrected chi connectivity index (χ2v) is 10.0. The van der Waals surface area contributed by atoms with Gasteiger partial charge < -0.3 is 10.6 Å². The molecule has 0 spiro atoms. The average molecular weight is 429 g/mol. The Labute approximate surface area is 185 Å². The molecule has 1 unspecified atom stereocenters. The molecule has 1 heterocycles. The van der Waals surface area contributed by atoms with Crippen LogP contribution in [0.1, 0.15) is 63.0 Å². The van der Waals surface area contributed by atoms with Crippen molar-refractivity contribution in [2.45, 2.75) is 31.1 Å². The minimum atomic E-state index is -0.0556. The van der Waals surface area contributed by atoms with Gasteiger partial charge in [0.25, 0.3) is 5.91 Å². The number of fused-ring (bicyclic) bond motifs is 1. The van der Waals surface area contributed by atoms with E-state index in [-0.39, 0.29) is 17.7 Å². The van der Waals surface area contributed by atoms with Crippen LogP contribution >= 0.6 is 11.3 Å². The molecular weight excluding hydrogens is 404 g/mol. The molecule has 4 nitrogen and oxygen atoms in total. The number of carbonyl (C=O) groups is 2. The SMILES string of the molecule is O=C(NCC1CC2c3ccccc3C1c1ccccc12)c1ccc(NC(=O)C2CC2)s1. The number of rotatable bonds is 5. The highest BCUT2D eigenvalue weighted by Gasteiger charge is 2.42. The van der Waals surface area contributed by atoms with Crippen molar-refractivity contribution in [1.82, 2.24) is 5.32 Å². The molecule has 2 aromatic carbocycles. The maximum atomic E-state index is 12.8. The van der Waals surface area contributed by atoms with Gasteiger partial charge in [-0.15, -0.1) is 11.3 Å². The minimum Gasteiger partial charge on any atom is -0.351 e. The summed E-state index contributed by atoms with van der Waals surface area (Å²) in [7, 11) is 0. The summed E-state index contributed by atoms with van der Waals surface area (Å²) in [5.41, 5.74) is 5.72. The molecule has 2 bridgehead atoms. The minimum absolute atomic E-state index is 0.0556. The molecule has 156 valence electrons. The van der Waals surface area contributed by atoms with Crippen LogP contribution in [0.2, 0.25) is 0 Å². The Bertz CT molecular complexity index is 1130. The summed E-state index contributed by atoms with van der Waals surface area (Å²) in [6, 6.07) is 21.2. The van der Waals surface area contributed by atoms with E-state index in [0.717, 1.165) is 24.3 Å². The van der Waals surface area contributed by atoms with E-state index < -0.39 is 0 Å². The van der Waals surface area contributed by atoms with Crippen LogP contribution in [0.3, 0.4) is 0 Å². The van der Waals surface area contributed by atoms with Gasteiger partial charge in [0, 0.05) is 24.3 Å². The Morgan fingerprint density at radius 2 is 1.52 bits per heavy atom. The maximum absolute atomic E-state index is 12.8. The molecule has 4 aliphatic carbocycles. The Hall–Kier alpha value is -2.92. The van der Waals surface area contributed by atoms with Gasteiger partial charge in [0.05, 0.1) is 9.88 Å². The predicted molar refractivity (Wildman–Crippen MR) is 123 cm³/mol. The van der Waals surface area contributed by atoms with Gasteiger partial charge in [-0.1, -0.05) is 48.5 Å². The lowest BCUT2D eigenvalue weighted by Gasteiger charge is -2.45. The number of nitrogens with one attached hydrogen (secondary N) is 2. The average Bonchev–Trinajstić information content (AvgIpc) is 3.57. The second-order valence-electron chi connectivity index (χ2n) is 8.92. The monoisotopic (exact) mass is 428 g/mol. The van der Waals surface area contributed by atoms with Gasteiger partial charge in [0.2, 0.25) is 5.91 Å². The molecule has 1 atom stereocenters. The Kier molecular flexibility index (Phi) is 4.46. The molecule has 3 aromatic rings. The molecule has 0 radical (unpaired) electrons. The fourth-order valence-corrected chi connectivity index (χ4v) is 6.19. The van der Waals surface area contributed by atoms with Crippen LogP contribution in [0.15, 0.2) is 60.7 Å². The molecular formula is C26H24N2O2S. The van der Waals surface area contributed by atoms with E-state index in [1.54, 1.807) is 6.07 Å². The van der Waals surface area contributed by atoms with Crippen molar-refractivity contribution in [2.75, 3.05) is 11.9 Å². The van der Waals surface area contributed by atoms with E-state index in [2.05, 4.69) is 59.2 Å². The van der Waals surface area contributed by atoms with Crippen molar-refractivity contribution in [3.05, 3.63) is 87.8 Å². The number of carbonyl (C=O) groups excluding carboxylic acids is 2. The highest BCUT2D eigenvalue weighted by Crippen LogP contribution is 2.55. The predicted octanol–water partition coefficient (Wildman–Crippen LogP) is 5.12. The fraction of sp³-hybridized carbons (Fsp3) is 0.308. The third-order valence-corrected chi connectivity index (χ3v) is 7.97. The third-order valence-electron chi connectivity index (χ3n) is 6.97. The first-order valence-corrected chi connectivity index (χ1v) is 11.9. The van der Waals surface area contributed by atoms with Crippen LogP contribution in [0, 0.1) is 11.8 Å². The molecule has 2 N–H and O–H groups in total. The van der Waals surface area contributed by atoms with Crippen molar-refractivity contribution in [1.29, 1.82) is 0 Å². The van der Waals surface area contributed by atoms with Crippen molar-refractivity contribution in [3.63, 3.8) is 0 Å². The lowest BCUT2D eigenvalue weighted by atomic mass is 9.59. The first kappa shape index (κ1) is 18.8. The van der Waals surface area contributed by atoms with Crippen LogP contribution in [-0.4, -0.2) is 18.4 Å². The van der Waals surface area contributed by atoms with Crippen LogP contribution in [-0.2, 0) is 4.79 Å². The van der Waals surface area contributed by atoms with Gasteiger partial charge in [-0.3, -0.25) is 9.59 Å². The lowest BCUT2D eigenvalue weighted by Crippen LogP contribution is -2.39. The normalized spacial score (nSPS) is 23.0. The van der Waals surface area contributed by atoms with Crippen molar-refractivity contribution < 1.29 is 9.59 Å². The summed E-state index contributed by atoms with van der Waals surface area (Å²) in [5, 5.41) is 6.86. The van der Waals surface area contributed by atoms with Crippen LogP contribution in [0.25, 0.3) is 0 Å². The summed E-state index contributed by atoms with van der Waals surface area (Å²) in [6.07, 6.45) is 3.01. The zero-order chi connectivity index (χ0) is 20.9. The lowest BCUT2D eigenvalue weighted by molar-refractivity contribution is -0.117. The van der Waals surface area contributed by atoms with E-state index in [4.69, 9.17) is 0 Å². The number of anilines is 1. The standard InChI is InChI=1S/C26H24N2O2S/c29-25(15-9-10-15)28-23-12-11-22(31-23)26(30)27-14-16-13-21-17-5-1-3-7-19(17)24(16)20-8-4-2-6-18(20)21/h1-8,11-12,15-16,21,24H,9-10,13-14H2,(H,27,30)(H,28,29). The summed E-state index contributed by atoms with van der Waals surface area (Å²) < 4.78 is 0. The van der Waals surface area contributed by atoms with E-state index in [0.29, 0.717) is 29.2 Å². The van der Waals surface area contributed by atoms with Crippen molar-refractivity contribution in [2.24, 2.45) is 11.8 Å². The molecule has 0 saturated heterocycles. The van der Waals surface area contributed by atoms with E-state index in [1.165, 1.54) is 33.6 Å². The number of benzene rings is 2. The van der Waals surface area contributed by atoms with Crippen LogP contribution in [0.4, 0.5) is 5.00 Å². The third kappa shape index (κ3) is 3.28. The summed E-state index contributed by atoms with van der Waals surface area (Å²) in [6.45, 7) is 0.657. The molecule has 1 saturated carbocycles. The smallest absolute Gasteiger partial charge is 0.261 e. The first-order chi connectivity index (χ1) is 15.2. The topological polar surface area (TPSA) is 58.2 Å². The van der Waals surface area contributed by atoms with Crippen molar-refractivity contribution >= 4 is 28.2 Å². The first-order valence-electron chi connectivity index (χ1n) is 11.1. The second kappa shape index (κ2) is 7.34. The van der Waals surface area contributed by atoms with Crippen LogP contribution in [0.5, 0.6) is 0 Å². The van der Waals surface area contributed by atoms with E-state index in [9.17, 15) is 9.59 Å². The molecule has 31 heavy (non-hydrogen) atoms. The van der Waals surface area contributed by atoms with Gasteiger partial charge in [0.1, 0.15) is 0 Å². The summed E-state index contributed by atoms with van der Waals surface area (Å²) in [5.74, 6) is 1.30. The zero-order valence-electron chi connectivity index (χ0n) is 17.1. The number of thiophene rings is 1. The Morgan fingerprint density at radius 1 is 0.871 bits per heavy atom. The van der Waals surface area contributed by atoms with Gasteiger partial charge >= 0.3 is 0 Å². The number of hydrogen-bond acceptors (Lipinski definition) is 3. The number of hydrogen-bond donors (Lipinski definition) is 2. The maximum Gasteiger partial charge on any atom is 0.261 e. The fourth-order valence-electron chi connectivity index (χ4n) is 5.37. The Morgan fingerprint density at radius 3 is 2.16 bits per heavy atom. The van der Waals surface area contributed by atoms with Crippen molar-refractivity contribution in [3.8, 4) is 0 Å². The highest BCUT2D eigenvalue weighted by atomic mass is 32.1. The molecule has 1 aromatic heterocycles. The highest BCUT2D eigenvalue weighted by molar-refractivity contribution is 7.18. The number of amides is 2. The van der Waals surface area contributed by atoms with Gasteiger partial charge in [-0.05, 0) is 59.6 Å².